The molecule has 2 amide bonds. The van der Waals surface area contributed by atoms with E-state index in [1.165, 1.54) is 0 Å². The average molecular weight is 397 g/mol. The lowest BCUT2D eigenvalue weighted by Crippen LogP contribution is -2.48. The number of carbonyl (C=O) groups is 2. The van der Waals surface area contributed by atoms with Gasteiger partial charge in [0.2, 0.25) is 0 Å². The van der Waals surface area contributed by atoms with Crippen LogP contribution in [-0.4, -0.2) is 82.7 Å². The SMILES string of the molecule is CCN1CCN(C(=O)c2cc3n(n2)CCN(Cc2cccc(OC)c2)C3=O)CC1. The molecule has 0 N–H and O–H groups in total. The highest BCUT2D eigenvalue weighted by atomic mass is 16.5. The Bertz CT molecular complexity index is 901. The summed E-state index contributed by atoms with van der Waals surface area (Å²) in [5.74, 6) is 0.587. The molecule has 0 atom stereocenters. The highest BCUT2D eigenvalue weighted by Gasteiger charge is 2.30. The van der Waals surface area contributed by atoms with Crippen LogP contribution in [0.5, 0.6) is 5.75 Å². The normalized spacial score (nSPS) is 17.4. The molecule has 0 saturated carbocycles. The van der Waals surface area contributed by atoms with Crippen molar-refractivity contribution < 1.29 is 14.3 Å². The quantitative estimate of drug-likeness (QED) is 0.761. The summed E-state index contributed by atoms with van der Waals surface area (Å²) in [7, 11) is 1.63. The molecule has 2 aliphatic heterocycles. The third kappa shape index (κ3) is 3.98. The number of methoxy groups -OCH3 is 1. The Hall–Kier alpha value is -2.87. The van der Waals surface area contributed by atoms with Gasteiger partial charge in [-0.3, -0.25) is 14.3 Å². The van der Waals surface area contributed by atoms with Crippen molar-refractivity contribution in [2.75, 3.05) is 46.4 Å². The molecule has 3 heterocycles. The Morgan fingerprint density at radius 1 is 1.10 bits per heavy atom. The lowest BCUT2D eigenvalue weighted by atomic mass is 10.1. The van der Waals surface area contributed by atoms with Gasteiger partial charge in [0.1, 0.15) is 11.4 Å². The lowest BCUT2D eigenvalue weighted by molar-refractivity contribution is 0.0633. The molecule has 154 valence electrons. The number of benzene rings is 1. The highest BCUT2D eigenvalue weighted by molar-refractivity contribution is 5.98. The highest BCUT2D eigenvalue weighted by Crippen LogP contribution is 2.20. The van der Waals surface area contributed by atoms with E-state index in [0.717, 1.165) is 30.9 Å². The predicted molar refractivity (Wildman–Crippen MR) is 108 cm³/mol. The number of likely N-dealkylation sites (N-methyl/N-ethyl adjacent to an activating group) is 1. The molecule has 1 aromatic carbocycles. The Kier molecular flexibility index (Phi) is 5.53. The zero-order chi connectivity index (χ0) is 20.4. The van der Waals surface area contributed by atoms with Crippen LogP contribution in [0.1, 0.15) is 33.5 Å². The summed E-state index contributed by atoms with van der Waals surface area (Å²) < 4.78 is 6.93. The third-order valence-electron chi connectivity index (χ3n) is 5.70. The summed E-state index contributed by atoms with van der Waals surface area (Å²) in [4.78, 5) is 31.8. The van der Waals surface area contributed by atoms with Crippen molar-refractivity contribution >= 4 is 11.8 Å². The van der Waals surface area contributed by atoms with Crippen molar-refractivity contribution in [1.82, 2.24) is 24.5 Å². The fourth-order valence-electron chi connectivity index (χ4n) is 3.91. The molecule has 0 spiro atoms. The van der Waals surface area contributed by atoms with Crippen LogP contribution in [0.2, 0.25) is 0 Å². The van der Waals surface area contributed by atoms with E-state index in [4.69, 9.17) is 4.74 Å². The van der Waals surface area contributed by atoms with Gasteiger partial charge in [0.15, 0.2) is 5.69 Å². The van der Waals surface area contributed by atoms with Gasteiger partial charge in [0, 0.05) is 45.3 Å². The molecule has 29 heavy (non-hydrogen) atoms. The number of carbonyl (C=O) groups excluding carboxylic acids is 2. The van der Waals surface area contributed by atoms with Gasteiger partial charge in [0.05, 0.1) is 13.7 Å². The molecule has 1 aromatic heterocycles. The largest absolute Gasteiger partial charge is 0.497 e. The van der Waals surface area contributed by atoms with Gasteiger partial charge in [-0.15, -0.1) is 0 Å². The van der Waals surface area contributed by atoms with Gasteiger partial charge < -0.3 is 19.4 Å². The minimum absolute atomic E-state index is 0.0881. The molecule has 0 aliphatic carbocycles. The van der Waals surface area contributed by atoms with E-state index < -0.39 is 0 Å². The number of rotatable bonds is 5. The Morgan fingerprint density at radius 3 is 2.62 bits per heavy atom. The molecule has 8 heteroatoms. The van der Waals surface area contributed by atoms with Gasteiger partial charge in [-0.1, -0.05) is 19.1 Å². The van der Waals surface area contributed by atoms with Crippen molar-refractivity contribution in [2.24, 2.45) is 0 Å². The van der Waals surface area contributed by atoms with E-state index in [1.807, 2.05) is 29.2 Å². The molecule has 0 bridgehead atoms. The van der Waals surface area contributed by atoms with E-state index in [0.29, 0.717) is 44.1 Å². The van der Waals surface area contributed by atoms with Gasteiger partial charge in [0.25, 0.3) is 11.8 Å². The van der Waals surface area contributed by atoms with Gasteiger partial charge in [-0.25, -0.2) is 0 Å². The maximum atomic E-state index is 13.0. The molecule has 1 saturated heterocycles. The second kappa shape index (κ2) is 8.24. The lowest BCUT2D eigenvalue weighted by Gasteiger charge is -2.33. The van der Waals surface area contributed by atoms with Gasteiger partial charge in [-0.05, 0) is 24.2 Å². The van der Waals surface area contributed by atoms with Crippen LogP contribution in [0.15, 0.2) is 30.3 Å². The molecule has 8 nitrogen and oxygen atoms in total. The second-order valence-corrected chi connectivity index (χ2v) is 7.44. The third-order valence-corrected chi connectivity index (χ3v) is 5.70. The standard InChI is InChI=1S/C21H27N5O3/c1-3-23-7-9-24(10-8-23)20(27)18-14-19-21(28)25(11-12-26(19)22-18)15-16-5-4-6-17(13-16)29-2/h4-6,13-14H,3,7-12,15H2,1-2H3. The van der Waals surface area contributed by atoms with E-state index in [-0.39, 0.29) is 11.8 Å². The first kappa shape index (κ1) is 19.4. The Labute approximate surface area is 170 Å². The summed E-state index contributed by atoms with van der Waals surface area (Å²) in [6.07, 6.45) is 0. The van der Waals surface area contributed by atoms with E-state index >= 15 is 0 Å². The Balaban J connectivity index is 1.46. The molecular formula is C21H27N5O3. The number of nitrogens with zero attached hydrogens (tertiary/aromatic N) is 5. The Morgan fingerprint density at radius 2 is 1.90 bits per heavy atom. The number of hydrogen-bond acceptors (Lipinski definition) is 5. The first-order valence-electron chi connectivity index (χ1n) is 10.1. The van der Waals surface area contributed by atoms with Crippen LogP contribution in [0.3, 0.4) is 0 Å². The molecule has 2 aliphatic rings. The fourth-order valence-corrected chi connectivity index (χ4v) is 3.91. The summed E-state index contributed by atoms with van der Waals surface area (Å²) in [6.45, 7) is 7.93. The predicted octanol–water partition coefficient (Wildman–Crippen LogP) is 1.33. The van der Waals surface area contributed by atoms with Crippen LogP contribution in [0, 0.1) is 0 Å². The second-order valence-electron chi connectivity index (χ2n) is 7.44. The zero-order valence-electron chi connectivity index (χ0n) is 17.0. The summed E-state index contributed by atoms with van der Waals surface area (Å²) >= 11 is 0. The summed E-state index contributed by atoms with van der Waals surface area (Å²) in [5, 5.41) is 4.43. The smallest absolute Gasteiger partial charge is 0.274 e. The monoisotopic (exact) mass is 397 g/mol. The van der Waals surface area contributed by atoms with Crippen molar-refractivity contribution in [3.8, 4) is 5.75 Å². The van der Waals surface area contributed by atoms with Gasteiger partial charge >= 0.3 is 0 Å². The molecule has 0 radical (unpaired) electrons. The van der Waals surface area contributed by atoms with Crippen LogP contribution in [0.4, 0.5) is 0 Å². The summed E-state index contributed by atoms with van der Waals surface area (Å²) in [6, 6.07) is 9.36. The molecular weight excluding hydrogens is 370 g/mol. The van der Waals surface area contributed by atoms with Crippen LogP contribution in [-0.2, 0) is 13.1 Å². The number of hydrogen-bond donors (Lipinski definition) is 0. The number of amides is 2. The van der Waals surface area contributed by atoms with Crippen molar-refractivity contribution in [3.05, 3.63) is 47.3 Å². The minimum atomic E-state index is -0.0959. The van der Waals surface area contributed by atoms with E-state index in [9.17, 15) is 9.59 Å². The van der Waals surface area contributed by atoms with Gasteiger partial charge in [-0.2, -0.15) is 5.10 Å². The van der Waals surface area contributed by atoms with E-state index in [1.54, 1.807) is 22.8 Å². The molecule has 1 fully saturated rings. The topological polar surface area (TPSA) is 70.9 Å². The maximum Gasteiger partial charge on any atom is 0.274 e. The average Bonchev–Trinajstić information content (AvgIpc) is 3.20. The number of aromatic nitrogens is 2. The van der Waals surface area contributed by atoms with Crippen LogP contribution in [0.25, 0.3) is 0 Å². The maximum absolute atomic E-state index is 13.0. The summed E-state index contributed by atoms with van der Waals surface area (Å²) in [5.41, 5.74) is 1.85. The molecule has 2 aromatic rings. The number of ether oxygens (including phenoxy) is 1. The van der Waals surface area contributed by atoms with Crippen molar-refractivity contribution in [1.29, 1.82) is 0 Å². The first-order chi connectivity index (χ1) is 14.1. The first-order valence-corrected chi connectivity index (χ1v) is 10.1. The van der Waals surface area contributed by atoms with Crippen molar-refractivity contribution in [2.45, 2.75) is 20.0 Å². The van der Waals surface area contributed by atoms with Crippen molar-refractivity contribution in [3.63, 3.8) is 0 Å². The molecule has 4 rings (SSSR count). The number of fused-ring (bicyclic) bond motifs is 1. The fraction of sp³-hybridized carbons (Fsp3) is 0.476. The van der Waals surface area contributed by atoms with E-state index in [2.05, 4.69) is 16.9 Å². The van der Waals surface area contributed by atoms with Crippen LogP contribution >= 0.6 is 0 Å². The minimum Gasteiger partial charge on any atom is -0.497 e. The zero-order valence-corrected chi connectivity index (χ0v) is 17.0. The number of piperazine rings is 1. The molecule has 0 unspecified atom stereocenters. The van der Waals surface area contributed by atoms with Crippen LogP contribution < -0.4 is 4.74 Å².